The number of nitrogens with zero attached hydrogens (tertiary/aromatic N) is 4. The van der Waals surface area contributed by atoms with Crippen molar-refractivity contribution in [3.05, 3.63) is 49.5 Å². The molecule has 0 bridgehead atoms. The Kier molecular flexibility index (Phi) is 4.39. The average molecular weight is 428 g/mol. The fourth-order valence-electron chi connectivity index (χ4n) is 4.36. The van der Waals surface area contributed by atoms with Crippen molar-refractivity contribution in [1.29, 1.82) is 0 Å². The highest BCUT2D eigenvalue weighted by atomic mass is 35.5. The monoisotopic (exact) mass is 427 g/mol. The fraction of sp³-hybridized carbons (Fsp3) is 0.444. The lowest BCUT2D eigenvalue weighted by atomic mass is 10.1. The SMILES string of the molecule is CN1C=C2CN(c3c(F)cc4c(=O)n(N)c(=O)n(C5CC5)c4c3Cl)CC2C1.Cl. The largest absolute Gasteiger partial charge is 0.380 e. The molecule has 1 saturated heterocycles. The zero-order valence-electron chi connectivity index (χ0n) is 15.2. The predicted octanol–water partition coefficient (Wildman–Crippen LogP) is 1.69. The molecule has 0 spiro atoms. The van der Waals surface area contributed by atoms with Crippen LogP contribution in [0.1, 0.15) is 18.9 Å². The van der Waals surface area contributed by atoms with Gasteiger partial charge in [0.2, 0.25) is 0 Å². The molecule has 2 N–H and O–H groups in total. The van der Waals surface area contributed by atoms with Crippen LogP contribution in [0.25, 0.3) is 10.9 Å². The van der Waals surface area contributed by atoms with Gasteiger partial charge in [-0.05, 0) is 24.5 Å². The van der Waals surface area contributed by atoms with E-state index in [1.165, 1.54) is 10.1 Å². The standard InChI is InChI=1S/C18H19ClFN5O2.ClH/c1-22-5-9-7-23(8-10(9)6-22)16-13(20)4-12-15(14(16)19)24(11-2-3-11)18(27)25(21)17(12)26;/h4-5,10-11H,2-3,6-8,21H2,1H3;1H. The summed E-state index contributed by atoms with van der Waals surface area (Å²) < 4.78 is 17.0. The van der Waals surface area contributed by atoms with Crippen LogP contribution in [0, 0.1) is 11.7 Å². The first-order valence-corrected chi connectivity index (χ1v) is 9.34. The summed E-state index contributed by atoms with van der Waals surface area (Å²) in [5, 5.41) is 0.147. The molecule has 1 saturated carbocycles. The molecule has 28 heavy (non-hydrogen) atoms. The van der Waals surface area contributed by atoms with Crippen molar-refractivity contribution in [2.75, 3.05) is 37.4 Å². The number of fused-ring (bicyclic) bond motifs is 2. The maximum atomic E-state index is 15.0. The van der Waals surface area contributed by atoms with E-state index in [0.717, 1.165) is 25.5 Å². The summed E-state index contributed by atoms with van der Waals surface area (Å²) in [4.78, 5) is 29.0. The van der Waals surface area contributed by atoms with Crippen molar-refractivity contribution < 1.29 is 4.39 Å². The van der Waals surface area contributed by atoms with Gasteiger partial charge in [-0.25, -0.2) is 9.18 Å². The second-order valence-electron chi connectivity index (χ2n) is 7.70. The Hall–Kier alpha value is -2.19. The first kappa shape index (κ1) is 19.1. The molecule has 150 valence electrons. The maximum absolute atomic E-state index is 15.0. The molecular formula is C18H20Cl2FN5O2. The molecule has 3 heterocycles. The number of nitrogens with two attached hydrogens (primary N) is 1. The molecule has 2 aromatic rings. The number of nitrogen functional groups attached to an aromatic ring is 1. The highest BCUT2D eigenvalue weighted by Gasteiger charge is 2.36. The summed E-state index contributed by atoms with van der Waals surface area (Å²) in [6.07, 6.45) is 3.70. The van der Waals surface area contributed by atoms with Gasteiger partial charge in [0, 0.05) is 44.8 Å². The Labute approximate surface area is 171 Å². The minimum Gasteiger partial charge on any atom is -0.380 e. The van der Waals surface area contributed by atoms with Gasteiger partial charge in [0.15, 0.2) is 0 Å². The molecule has 0 radical (unpaired) electrons. The summed E-state index contributed by atoms with van der Waals surface area (Å²) in [6.45, 7) is 2.13. The van der Waals surface area contributed by atoms with Crippen molar-refractivity contribution in [2.24, 2.45) is 5.92 Å². The van der Waals surface area contributed by atoms with Crippen LogP contribution in [0.15, 0.2) is 27.4 Å². The lowest BCUT2D eigenvalue weighted by molar-refractivity contribution is 0.442. The normalized spacial score (nSPS) is 21.1. The topological polar surface area (TPSA) is 76.5 Å². The molecule has 1 aromatic carbocycles. The van der Waals surface area contributed by atoms with Crippen LogP contribution in [0.3, 0.4) is 0 Å². The summed E-state index contributed by atoms with van der Waals surface area (Å²) >= 11 is 6.63. The molecule has 2 aliphatic heterocycles. The van der Waals surface area contributed by atoms with Crippen LogP contribution in [0.4, 0.5) is 10.1 Å². The number of aromatic nitrogens is 2. The van der Waals surface area contributed by atoms with Gasteiger partial charge in [0.1, 0.15) is 5.82 Å². The number of rotatable bonds is 2. The molecule has 7 nitrogen and oxygen atoms in total. The zero-order valence-corrected chi connectivity index (χ0v) is 16.8. The number of anilines is 1. The van der Waals surface area contributed by atoms with Crippen LogP contribution in [-0.2, 0) is 0 Å². The Morgan fingerprint density at radius 1 is 1.25 bits per heavy atom. The van der Waals surface area contributed by atoms with E-state index in [0.29, 0.717) is 23.7 Å². The minimum atomic E-state index is -0.734. The summed E-state index contributed by atoms with van der Waals surface area (Å²) in [5.41, 5.74) is 0.435. The van der Waals surface area contributed by atoms with Crippen molar-refractivity contribution in [3.8, 4) is 0 Å². The lowest BCUT2D eigenvalue weighted by Gasteiger charge is -2.24. The van der Waals surface area contributed by atoms with Crippen LogP contribution in [0.5, 0.6) is 0 Å². The smallest absolute Gasteiger partial charge is 0.350 e. The van der Waals surface area contributed by atoms with Gasteiger partial charge in [0.05, 0.1) is 21.6 Å². The van der Waals surface area contributed by atoms with E-state index in [1.807, 2.05) is 11.9 Å². The summed E-state index contributed by atoms with van der Waals surface area (Å²) in [6, 6.07) is 1.11. The van der Waals surface area contributed by atoms with Gasteiger partial charge in [-0.2, -0.15) is 4.68 Å². The van der Waals surface area contributed by atoms with Gasteiger partial charge in [-0.1, -0.05) is 11.6 Å². The van der Waals surface area contributed by atoms with Gasteiger partial charge in [0.25, 0.3) is 5.56 Å². The Bertz CT molecular complexity index is 1140. The third kappa shape index (κ3) is 2.62. The van der Waals surface area contributed by atoms with Crippen molar-refractivity contribution in [3.63, 3.8) is 0 Å². The van der Waals surface area contributed by atoms with Crippen molar-refractivity contribution in [2.45, 2.75) is 18.9 Å². The molecule has 1 atom stereocenters. The van der Waals surface area contributed by atoms with Crippen molar-refractivity contribution >= 4 is 40.6 Å². The lowest BCUT2D eigenvalue weighted by Crippen LogP contribution is -2.44. The van der Waals surface area contributed by atoms with Crippen LogP contribution >= 0.6 is 24.0 Å². The molecule has 1 aliphatic carbocycles. The number of hydrogen-bond acceptors (Lipinski definition) is 5. The van der Waals surface area contributed by atoms with Gasteiger partial charge in [-0.15, -0.1) is 12.4 Å². The van der Waals surface area contributed by atoms with E-state index < -0.39 is 17.1 Å². The van der Waals surface area contributed by atoms with E-state index in [-0.39, 0.29) is 40.1 Å². The molecule has 0 amide bonds. The minimum absolute atomic E-state index is 0. The van der Waals surface area contributed by atoms with E-state index in [2.05, 4.69) is 11.1 Å². The highest BCUT2D eigenvalue weighted by molar-refractivity contribution is 6.38. The summed E-state index contributed by atoms with van der Waals surface area (Å²) in [7, 11) is 2.02. The molecule has 1 aromatic heterocycles. The van der Waals surface area contributed by atoms with E-state index in [1.54, 1.807) is 0 Å². The predicted molar refractivity (Wildman–Crippen MR) is 110 cm³/mol. The third-order valence-electron chi connectivity index (χ3n) is 5.73. The number of benzene rings is 1. The van der Waals surface area contributed by atoms with E-state index in [9.17, 15) is 9.59 Å². The molecule has 2 fully saturated rings. The third-order valence-corrected chi connectivity index (χ3v) is 6.09. The quantitative estimate of drug-likeness (QED) is 0.737. The summed E-state index contributed by atoms with van der Waals surface area (Å²) in [5.74, 6) is 5.40. The average Bonchev–Trinajstić information content (AvgIpc) is 3.28. The Balaban J connectivity index is 0.00000192. The fourth-order valence-corrected chi connectivity index (χ4v) is 4.76. The maximum Gasteiger partial charge on any atom is 0.350 e. The van der Waals surface area contributed by atoms with Crippen LogP contribution in [0.2, 0.25) is 5.02 Å². The molecule has 1 unspecified atom stereocenters. The second kappa shape index (κ2) is 6.42. The second-order valence-corrected chi connectivity index (χ2v) is 8.08. The molecule has 3 aliphatic rings. The van der Waals surface area contributed by atoms with Crippen LogP contribution in [-0.4, -0.2) is 40.8 Å². The molecular weight excluding hydrogens is 408 g/mol. The first-order valence-electron chi connectivity index (χ1n) is 8.97. The number of hydrogen-bond donors (Lipinski definition) is 1. The van der Waals surface area contributed by atoms with Gasteiger partial charge < -0.3 is 15.6 Å². The molecule has 10 heteroatoms. The van der Waals surface area contributed by atoms with Crippen LogP contribution < -0.4 is 22.0 Å². The van der Waals surface area contributed by atoms with Gasteiger partial charge in [-0.3, -0.25) is 9.36 Å². The Morgan fingerprint density at radius 3 is 2.61 bits per heavy atom. The van der Waals surface area contributed by atoms with E-state index >= 15 is 4.39 Å². The number of halogens is 3. The van der Waals surface area contributed by atoms with Crippen molar-refractivity contribution in [1.82, 2.24) is 14.1 Å². The van der Waals surface area contributed by atoms with E-state index in [4.69, 9.17) is 17.4 Å². The molecule has 5 rings (SSSR count). The zero-order chi connectivity index (χ0) is 19.0. The Morgan fingerprint density at radius 2 is 1.96 bits per heavy atom. The van der Waals surface area contributed by atoms with Gasteiger partial charge >= 0.3 is 5.69 Å². The highest BCUT2D eigenvalue weighted by Crippen LogP contribution is 2.42. The first-order chi connectivity index (χ1) is 12.9.